The van der Waals surface area contributed by atoms with Gasteiger partial charge in [0, 0.05) is 6.54 Å². The number of rotatable bonds is 2. The number of ether oxygens (including phenoxy) is 1. The second-order valence-corrected chi connectivity index (χ2v) is 3.43. The lowest BCUT2D eigenvalue weighted by Crippen LogP contribution is -2.32. The molecule has 0 aliphatic carbocycles. The van der Waals surface area contributed by atoms with Gasteiger partial charge < -0.3 is 10.1 Å². The Labute approximate surface area is 82.3 Å². The third kappa shape index (κ3) is 17.2. The summed E-state index contributed by atoms with van der Waals surface area (Å²) in [6, 6.07) is 0. The zero-order chi connectivity index (χ0) is 8.91. The van der Waals surface area contributed by atoms with Crippen LogP contribution in [-0.2, 0) is 4.74 Å². The van der Waals surface area contributed by atoms with E-state index in [9.17, 15) is 4.79 Å². The first-order valence-electron chi connectivity index (χ1n) is 3.92. The molecule has 0 aliphatic rings. The van der Waals surface area contributed by atoms with E-state index in [1.165, 1.54) is 0 Å². The number of carbonyl (C=O) groups excluding carboxylic acids is 1. The predicted octanol–water partition coefficient (Wildman–Crippen LogP) is 2.38. The van der Waals surface area contributed by atoms with Crippen LogP contribution in [0.1, 0.15) is 34.1 Å². The van der Waals surface area contributed by atoms with E-state index in [0.717, 1.165) is 6.42 Å². The first kappa shape index (κ1) is 23.1. The average Bonchev–Trinajstić information content (AvgIpc) is 1.79. The van der Waals surface area contributed by atoms with Crippen LogP contribution in [0.4, 0.5) is 18.9 Å². The third-order valence-electron chi connectivity index (χ3n) is 0.918. The normalized spacial score (nSPS) is 8.57. The summed E-state index contributed by atoms with van der Waals surface area (Å²) < 4.78 is 4.99. The van der Waals surface area contributed by atoms with Gasteiger partial charge in [0.15, 0.2) is 0 Å². The van der Waals surface area contributed by atoms with Crippen LogP contribution in [0.25, 0.3) is 0 Å². The molecule has 0 aliphatic heterocycles. The van der Waals surface area contributed by atoms with E-state index in [1.807, 2.05) is 27.7 Å². The molecule has 0 rings (SSSR count). The Kier molecular flexibility index (Phi) is 16.8. The van der Waals surface area contributed by atoms with Gasteiger partial charge in [0.1, 0.15) is 5.60 Å². The molecule has 14 heavy (non-hydrogen) atoms. The first-order valence-corrected chi connectivity index (χ1v) is 3.92. The maximum Gasteiger partial charge on any atom is 0.407 e. The van der Waals surface area contributed by atoms with Gasteiger partial charge in [-0.3, -0.25) is 14.1 Å². The highest BCUT2D eigenvalue weighted by molar-refractivity contribution is 5.67. The van der Waals surface area contributed by atoms with E-state index in [-0.39, 0.29) is 20.2 Å². The summed E-state index contributed by atoms with van der Waals surface area (Å²) in [6.45, 7) is 8.21. The summed E-state index contributed by atoms with van der Waals surface area (Å²) in [7, 11) is 0. The zero-order valence-corrected chi connectivity index (χ0v) is 8.96. The fourth-order valence-corrected chi connectivity index (χ4v) is 0.541. The summed E-state index contributed by atoms with van der Waals surface area (Å²) >= 11 is 0. The van der Waals surface area contributed by atoms with Crippen molar-refractivity contribution in [3.8, 4) is 0 Å². The van der Waals surface area contributed by atoms with Crippen molar-refractivity contribution in [3.05, 3.63) is 0 Å². The van der Waals surface area contributed by atoms with Gasteiger partial charge in [-0.2, -0.15) is 0 Å². The largest absolute Gasteiger partial charge is 0.444 e. The Morgan fingerprint density at radius 1 is 1.21 bits per heavy atom. The van der Waals surface area contributed by atoms with E-state index in [4.69, 9.17) is 4.74 Å². The Morgan fingerprint density at radius 2 is 1.64 bits per heavy atom. The summed E-state index contributed by atoms with van der Waals surface area (Å²) in [5, 5.41) is 2.63. The summed E-state index contributed by atoms with van der Waals surface area (Å²) in [6.07, 6.45) is 0.596. The van der Waals surface area contributed by atoms with Crippen molar-refractivity contribution in [1.29, 1.82) is 0 Å². The van der Waals surface area contributed by atoms with Gasteiger partial charge in [0.25, 0.3) is 0 Å². The minimum atomic E-state index is -0.391. The Bertz CT molecular complexity index is 137. The third-order valence-corrected chi connectivity index (χ3v) is 0.918. The minimum Gasteiger partial charge on any atom is -0.444 e. The van der Waals surface area contributed by atoms with E-state index < -0.39 is 5.60 Å². The van der Waals surface area contributed by atoms with Crippen molar-refractivity contribution < 1.29 is 23.6 Å². The van der Waals surface area contributed by atoms with Crippen molar-refractivity contribution in [2.45, 2.75) is 39.7 Å². The SMILES string of the molecule is CCCNC(=O)OC(C)(C)C.F.F.F. The summed E-state index contributed by atoms with van der Waals surface area (Å²) in [4.78, 5) is 10.9. The molecule has 3 nitrogen and oxygen atoms in total. The molecule has 90 valence electrons. The van der Waals surface area contributed by atoms with Crippen molar-refractivity contribution in [2.24, 2.45) is 0 Å². The molecular weight excluding hydrogens is 199 g/mol. The smallest absolute Gasteiger partial charge is 0.407 e. The molecule has 0 radical (unpaired) electrons. The molecule has 0 atom stereocenters. The van der Waals surface area contributed by atoms with Crippen LogP contribution < -0.4 is 5.32 Å². The first-order chi connectivity index (χ1) is 4.95. The van der Waals surface area contributed by atoms with Gasteiger partial charge in [0.2, 0.25) is 0 Å². The molecule has 0 aromatic heterocycles. The molecule has 1 N–H and O–H groups in total. The lowest BCUT2D eigenvalue weighted by molar-refractivity contribution is 0.0528. The molecule has 0 aromatic carbocycles. The average molecular weight is 219 g/mol. The summed E-state index contributed by atoms with van der Waals surface area (Å²) in [5.41, 5.74) is -0.391. The standard InChI is InChI=1S/C8H17NO2.3FH/c1-5-6-9-7(10)11-8(2,3)4;;;/h5-6H2,1-4H3,(H,9,10);3*1H. The lowest BCUT2D eigenvalue weighted by Gasteiger charge is -2.19. The van der Waals surface area contributed by atoms with Crippen molar-refractivity contribution >= 4 is 6.09 Å². The van der Waals surface area contributed by atoms with Crippen molar-refractivity contribution in [3.63, 3.8) is 0 Å². The number of hydrogen-bond acceptors (Lipinski definition) is 2. The van der Waals surface area contributed by atoms with Crippen molar-refractivity contribution in [1.82, 2.24) is 5.32 Å². The molecular formula is C8H20F3NO2. The van der Waals surface area contributed by atoms with Gasteiger partial charge in [-0.05, 0) is 27.2 Å². The molecule has 0 bridgehead atoms. The van der Waals surface area contributed by atoms with Crippen LogP contribution in [-0.4, -0.2) is 18.2 Å². The number of nitrogens with one attached hydrogen (secondary N) is 1. The second-order valence-electron chi connectivity index (χ2n) is 3.43. The molecule has 0 heterocycles. The summed E-state index contributed by atoms with van der Waals surface area (Å²) in [5.74, 6) is 0. The fraction of sp³-hybridized carbons (Fsp3) is 0.875. The van der Waals surface area contributed by atoms with Gasteiger partial charge in [-0.25, -0.2) is 4.79 Å². The van der Waals surface area contributed by atoms with Gasteiger partial charge in [0.05, 0.1) is 0 Å². The Hall–Kier alpha value is -0.940. The second kappa shape index (κ2) is 10.1. The molecule has 0 saturated heterocycles. The fourth-order valence-electron chi connectivity index (χ4n) is 0.541. The molecule has 0 aromatic rings. The number of hydrogen-bond donors (Lipinski definition) is 1. The van der Waals surface area contributed by atoms with E-state index in [2.05, 4.69) is 5.32 Å². The Morgan fingerprint density at radius 3 is 1.93 bits per heavy atom. The quantitative estimate of drug-likeness (QED) is 0.774. The van der Waals surface area contributed by atoms with E-state index in [0.29, 0.717) is 6.54 Å². The van der Waals surface area contributed by atoms with Crippen LogP contribution in [0, 0.1) is 0 Å². The number of alkyl carbamates (subject to hydrolysis) is 1. The van der Waals surface area contributed by atoms with Gasteiger partial charge >= 0.3 is 6.09 Å². The lowest BCUT2D eigenvalue weighted by atomic mass is 10.2. The van der Waals surface area contributed by atoms with Gasteiger partial charge in [-0.1, -0.05) is 6.92 Å². The van der Waals surface area contributed by atoms with Crippen LogP contribution >= 0.6 is 0 Å². The molecule has 1 amide bonds. The Balaban J connectivity index is -0.000000167. The van der Waals surface area contributed by atoms with Crippen LogP contribution in [0.15, 0.2) is 0 Å². The number of amides is 1. The molecule has 0 spiro atoms. The monoisotopic (exact) mass is 219 g/mol. The van der Waals surface area contributed by atoms with Crippen LogP contribution in [0.2, 0.25) is 0 Å². The van der Waals surface area contributed by atoms with Crippen molar-refractivity contribution in [2.75, 3.05) is 6.54 Å². The van der Waals surface area contributed by atoms with E-state index >= 15 is 0 Å². The number of carbonyl (C=O) groups is 1. The predicted molar refractivity (Wildman–Crippen MR) is 52.0 cm³/mol. The maximum atomic E-state index is 10.9. The molecule has 6 heteroatoms. The molecule has 0 fully saturated rings. The molecule has 0 saturated carbocycles. The highest BCUT2D eigenvalue weighted by Crippen LogP contribution is 2.05. The highest BCUT2D eigenvalue weighted by atomic mass is 19.0. The minimum absolute atomic E-state index is 0. The van der Waals surface area contributed by atoms with Crippen LogP contribution in [0.3, 0.4) is 0 Å². The zero-order valence-electron chi connectivity index (χ0n) is 8.96. The maximum absolute atomic E-state index is 10.9. The van der Waals surface area contributed by atoms with E-state index in [1.54, 1.807) is 0 Å². The van der Waals surface area contributed by atoms with Crippen LogP contribution in [0.5, 0.6) is 0 Å². The number of halogens is 3. The van der Waals surface area contributed by atoms with Gasteiger partial charge in [-0.15, -0.1) is 0 Å². The topological polar surface area (TPSA) is 38.3 Å². The highest BCUT2D eigenvalue weighted by Gasteiger charge is 2.14. The molecule has 0 unspecified atom stereocenters.